The Kier molecular flexibility index (Phi) is 4.89. The molecule has 3 rings (SSSR count). The Bertz CT molecular complexity index is 921. The zero-order valence-electron chi connectivity index (χ0n) is 13.2. The molecule has 1 amide bonds. The molecule has 2 aromatic carbocycles. The number of hydrogen-bond acceptors (Lipinski definition) is 3. The van der Waals surface area contributed by atoms with Crippen LogP contribution in [0.4, 0.5) is 10.1 Å². The molecule has 0 fully saturated rings. The van der Waals surface area contributed by atoms with E-state index >= 15 is 0 Å². The predicted molar refractivity (Wildman–Crippen MR) is 92.2 cm³/mol. The van der Waals surface area contributed by atoms with Gasteiger partial charge in [0.15, 0.2) is 5.75 Å². The Morgan fingerprint density at radius 2 is 1.80 bits per heavy atom. The molecule has 1 heterocycles. The molecule has 0 saturated carbocycles. The lowest BCUT2D eigenvalue weighted by Gasteiger charge is -2.08. The first-order chi connectivity index (χ1) is 12.1. The number of amides is 1. The Hall–Kier alpha value is -3.41. The molecule has 5 nitrogen and oxygen atoms in total. The number of anilines is 1. The number of halogens is 1. The molecule has 2 N–H and O–H groups in total. The highest BCUT2D eigenvalue weighted by Crippen LogP contribution is 2.11. The van der Waals surface area contributed by atoms with E-state index in [9.17, 15) is 14.0 Å². The van der Waals surface area contributed by atoms with Crippen LogP contribution in [-0.4, -0.2) is 10.9 Å². The van der Waals surface area contributed by atoms with Crippen molar-refractivity contribution in [1.29, 1.82) is 0 Å². The van der Waals surface area contributed by atoms with Gasteiger partial charge < -0.3 is 15.0 Å². The molecule has 1 aromatic heterocycles. The fourth-order valence-corrected chi connectivity index (χ4v) is 2.17. The van der Waals surface area contributed by atoms with Crippen molar-refractivity contribution in [1.82, 2.24) is 4.98 Å². The fourth-order valence-electron chi connectivity index (χ4n) is 2.17. The molecule has 0 aliphatic rings. The lowest BCUT2D eigenvalue weighted by Crippen LogP contribution is -2.17. The summed E-state index contributed by atoms with van der Waals surface area (Å²) in [6.07, 6.45) is 1.35. The van der Waals surface area contributed by atoms with Gasteiger partial charge in [-0.05, 0) is 29.8 Å². The van der Waals surface area contributed by atoms with Gasteiger partial charge in [-0.25, -0.2) is 4.39 Å². The van der Waals surface area contributed by atoms with Crippen molar-refractivity contribution in [3.8, 4) is 5.75 Å². The van der Waals surface area contributed by atoms with E-state index in [1.807, 2.05) is 30.3 Å². The van der Waals surface area contributed by atoms with Gasteiger partial charge in [0.05, 0.1) is 0 Å². The van der Waals surface area contributed by atoms with Crippen LogP contribution in [0.25, 0.3) is 0 Å². The van der Waals surface area contributed by atoms with Crippen molar-refractivity contribution in [2.75, 3.05) is 5.32 Å². The maximum Gasteiger partial charge on any atom is 0.272 e. The van der Waals surface area contributed by atoms with Crippen molar-refractivity contribution in [2.24, 2.45) is 0 Å². The molecule has 0 unspecified atom stereocenters. The number of aromatic nitrogens is 1. The molecule has 0 aliphatic carbocycles. The van der Waals surface area contributed by atoms with Gasteiger partial charge in [-0.15, -0.1) is 0 Å². The molecule has 0 spiro atoms. The number of ether oxygens (including phenoxy) is 1. The second-order valence-corrected chi connectivity index (χ2v) is 5.31. The average Bonchev–Trinajstić information content (AvgIpc) is 2.63. The molecule has 0 radical (unpaired) electrons. The second-order valence-electron chi connectivity index (χ2n) is 5.31. The summed E-state index contributed by atoms with van der Waals surface area (Å²) in [5, 5.41) is 2.57. The SMILES string of the molecule is O=C(Nc1ccc(F)cc1)c1cc(=O)c(OCc2ccccc2)c[nH]1. The second kappa shape index (κ2) is 7.44. The highest BCUT2D eigenvalue weighted by atomic mass is 19.1. The van der Waals surface area contributed by atoms with Gasteiger partial charge in [-0.2, -0.15) is 0 Å². The molecular formula is C19H15FN2O3. The maximum absolute atomic E-state index is 12.9. The summed E-state index contributed by atoms with van der Waals surface area (Å²) in [5.41, 5.74) is 1.04. The summed E-state index contributed by atoms with van der Waals surface area (Å²) in [6, 6.07) is 15.9. The van der Waals surface area contributed by atoms with Crippen LogP contribution in [0.5, 0.6) is 5.75 Å². The average molecular weight is 338 g/mol. The molecule has 126 valence electrons. The van der Waals surface area contributed by atoms with Crippen LogP contribution in [0.1, 0.15) is 16.1 Å². The maximum atomic E-state index is 12.9. The van der Waals surface area contributed by atoms with Gasteiger partial charge in [-0.3, -0.25) is 9.59 Å². The van der Waals surface area contributed by atoms with Gasteiger partial charge in [0, 0.05) is 18.0 Å². The van der Waals surface area contributed by atoms with Crippen LogP contribution in [0.2, 0.25) is 0 Å². The smallest absolute Gasteiger partial charge is 0.272 e. The summed E-state index contributed by atoms with van der Waals surface area (Å²) in [6.45, 7) is 0.255. The number of H-pyrrole nitrogens is 1. The molecule has 25 heavy (non-hydrogen) atoms. The number of benzene rings is 2. The fraction of sp³-hybridized carbons (Fsp3) is 0.0526. The predicted octanol–water partition coefficient (Wildman–Crippen LogP) is 3.35. The van der Waals surface area contributed by atoms with E-state index in [1.165, 1.54) is 36.5 Å². The Morgan fingerprint density at radius 3 is 2.48 bits per heavy atom. The highest BCUT2D eigenvalue weighted by Gasteiger charge is 2.10. The molecule has 6 heteroatoms. The summed E-state index contributed by atoms with van der Waals surface area (Å²) in [4.78, 5) is 26.9. The van der Waals surface area contributed by atoms with Crippen molar-refractivity contribution in [3.63, 3.8) is 0 Å². The van der Waals surface area contributed by atoms with E-state index in [4.69, 9.17) is 4.74 Å². The van der Waals surface area contributed by atoms with Crippen molar-refractivity contribution in [2.45, 2.75) is 6.61 Å². The molecule has 0 aliphatic heterocycles. The van der Waals surface area contributed by atoms with E-state index in [-0.39, 0.29) is 18.1 Å². The number of carbonyl (C=O) groups excluding carboxylic acids is 1. The van der Waals surface area contributed by atoms with Gasteiger partial charge in [-0.1, -0.05) is 30.3 Å². The topological polar surface area (TPSA) is 71.2 Å². The zero-order valence-corrected chi connectivity index (χ0v) is 13.2. The van der Waals surface area contributed by atoms with Crippen molar-refractivity contribution >= 4 is 11.6 Å². The van der Waals surface area contributed by atoms with E-state index in [0.29, 0.717) is 5.69 Å². The van der Waals surface area contributed by atoms with Gasteiger partial charge in [0.1, 0.15) is 18.1 Å². The number of carbonyl (C=O) groups is 1. The Labute approximate surface area is 143 Å². The third-order valence-corrected chi connectivity index (χ3v) is 3.46. The first-order valence-electron chi connectivity index (χ1n) is 7.58. The minimum Gasteiger partial charge on any atom is -0.483 e. The highest BCUT2D eigenvalue weighted by molar-refractivity contribution is 6.02. The van der Waals surface area contributed by atoms with Gasteiger partial charge in [0.25, 0.3) is 5.91 Å². The summed E-state index contributed by atoms with van der Waals surface area (Å²) < 4.78 is 18.3. The van der Waals surface area contributed by atoms with E-state index in [2.05, 4.69) is 10.3 Å². The van der Waals surface area contributed by atoms with Crippen LogP contribution in [0.3, 0.4) is 0 Å². The molecule has 0 atom stereocenters. The van der Waals surface area contributed by atoms with Crippen LogP contribution in [0.15, 0.2) is 71.7 Å². The minimum absolute atomic E-state index is 0.0846. The number of pyridine rings is 1. The summed E-state index contributed by atoms with van der Waals surface area (Å²) in [5.74, 6) is -0.771. The third-order valence-electron chi connectivity index (χ3n) is 3.46. The van der Waals surface area contributed by atoms with Crippen LogP contribution >= 0.6 is 0 Å². The van der Waals surface area contributed by atoms with Crippen molar-refractivity contribution in [3.05, 3.63) is 94.2 Å². The normalized spacial score (nSPS) is 10.3. The van der Waals surface area contributed by atoms with E-state index < -0.39 is 17.2 Å². The summed E-state index contributed by atoms with van der Waals surface area (Å²) in [7, 11) is 0. The van der Waals surface area contributed by atoms with Crippen molar-refractivity contribution < 1.29 is 13.9 Å². The minimum atomic E-state index is -0.502. The number of hydrogen-bond donors (Lipinski definition) is 2. The molecular weight excluding hydrogens is 323 g/mol. The first-order valence-corrected chi connectivity index (χ1v) is 7.58. The molecule has 0 bridgehead atoms. The monoisotopic (exact) mass is 338 g/mol. The quantitative estimate of drug-likeness (QED) is 0.749. The largest absolute Gasteiger partial charge is 0.483 e. The van der Waals surface area contributed by atoms with Gasteiger partial charge >= 0.3 is 0 Å². The van der Waals surface area contributed by atoms with E-state index in [0.717, 1.165) is 5.56 Å². The molecule has 0 saturated heterocycles. The standard InChI is InChI=1S/C19H15FN2O3/c20-14-6-8-15(9-7-14)22-19(24)16-10-17(23)18(11-21-16)25-12-13-4-2-1-3-5-13/h1-11H,12H2,(H,21,23)(H,22,24). The molecule has 3 aromatic rings. The van der Waals surface area contributed by atoms with Crippen LogP contribution in [0, 0.1) is 5.82 Å². The number of nitrogens with one attached hydrogen (secondary N) is 2. The lowest BCUT2D eigenvalue weighted by atomic mass is 10.2. The number of rotatable bonds is 5. The van der Waals surface area contributed by atoms with Crippen LogP contribution < -0.4 is 15.5 Å². The van der Waals surface area contributed by atoms with Crippen LogP contribution in [-0.2, 0) is 6.61 Å². The lowest BCUT2D eigenvalue weighted by molar-refractivity contribution is 0.102. The number of aromatic amines is 1. The van der Waals surface area contributed by atoms with E-state index in [1.54, 1.807) is 0 Å². The Balaban J connectivity index is 1.67. The third kappa shape index (κ3) is 4.32. The Morgan fingerprint density at radius 1 is 1.08 bits per heavy atom. The van der Waals surface area contributed by atoms with Gasteiger partial charge in [0.2, 0.25) is 5.43 Å². The first kappa shape index (κ1) is 16.4. The summed E-state index contributed by atoms with van der Waals surface area (Å²) >= 11 is 0. The zero-order chi connectivity index (χ0) is 17.6.